The predicted octanol–water partition coefficient (Wildman–Crippen LogP) is 33.7. The molecular formula is C138H140O11. The molecule has 3 unspecified atom stereocenters. The van der Waals surface area contributed by atoms with Gasteiger partial charge in [-0.2, -0.15) is 0 Å². The third-order valence-electron chi connectivity index (χ3n) is 30.4. The van der Waals surface area contributed by atoms with E-state index in [1.807, 2.05) is 236 Å². The van der Waals surface area contributed by atoms with E-state index in [9.17, 15) is 55.5 Å². The number of carbonyl (C=O) groups is 2. The maximum atomic E-state index is 11.8. The van der Waals surface area contributed by atoms with Crippen molar-refractivity contribution in [1.29, 1.82) is 0 Å². The molecule has 0 spiro atoms. The summed E-state index contributed by atoms with van der Waals surface area (Å²) >= 11 is 0. The maximum Gasteiger partial charge on any atom is 0.186 e. The largest absolute Gasteiger partial charge is 0.507 e. The maximum absolute atomic E-state index is 11.8. The summed E-state index contributed by atoms with van der Waals surface area (Å²) in [5.41, 5.74) is 52.5. The van der Waals surface area contributed by atoms with Crippen molar-refractivity contribution in [2.45, 2.75) is 226 Å². The zero-order chi connectivity index (χ0) is 106. The van der Waals surface area contributed by atoms with E-state index in [0.717, 1.165) is 194 Å². The lowest BCUT2D eigenvalue weighted by atomic mass is 9.87. The fraction of sp³-hybridized carbons (Fsp3) is 0.246. The van der Waals surface area contributed by atoms with Gasteiger partial charge in [0.15, 0.2) is 11.6 Å². The molecule has 4 atom stereocenters. The number of aryl methyl sites for hydroxylation is 21. The molecule has 0 bridgehead atoms. The standard InChI is InChI=1S/C18H20O2.C18H18O.C18H20.C17H14O2.C17H16O2.C17H18O.C17H16O.C16H18O2/c1-11-8-15(9-12(2)18(11)20)13-6-7-16-14(10-13)4-3-5-17(16)19;1-11-4-5-15-10-14(6-7-17(11)15)16-8-12(2)18(19)13(3)9-16;1-12-8-13(2)10-17(9-12)15-6-7-18-14(3)4-5-16(18)11-15;1-10-7-14(8-11(2)17(10)19)12-3-5-15-13(9-12)4-6-16(15)18;1-10-7-14(8-11(2)17(10)19)13-4-3-12-5-6-16(18)15(12)9-13;2*1-11-8-16(9-12(2)17(11)18)15-7-6-13-4-3-5-14(13)10-15;1-10-8-15(9-11(2)16(10)18)14-6-4-13(5-7-14)12(3)17/h6-10,17,19-20H,3-5H2,1-2H3;4-11,19H,1-3H3;6-11,14H,4-5H2,1-3H3;3-9,19H,1-2H3;3-4,7-9,19H,5-6H2,1-2H3;6-10,18H,3-5H2,1-2H3;3-4,6-10,18H,5H2,1-2H3;4-9,12,17-18H,1-3H3/t;;14-;;;;;/m..0...../s1. The fourth-order valence-electron chi connectivity index (χ4n) is 21.8. The highest BCUT2D eigenvalue weighted by atomic mass is 16.3. The molecule has 7 aliphatic rings. The van der Waals surface area contributed by atoms with Gasteiger partial charge in [0.05, 0.1) is 12.2 Å². The molecule has 0 aliphatic heterocycles. The number of carbonyl (C=O) groups excluding carboxylic acids is 2. The molecule has 23 rings (SSSR count). The van der Waals surface area contributed by atoms with Gasteiger partial charge < -0.3 is 46.0 Å². The van der Waals surface area contributed by atoms with Crippen LogP contribution < -0.4 is 0 Å². The van der Waals surface area contributed by atoms with Crippen molar-refractivity contribution in [3.63, 3.8) is 0 Å². The number of Topliss-reactive ketones (excluding diaryl/α,β-unsaturated/α-hetero) is 1. The van der Waals surface area contributed by atoms with Crippen molar-refractivity contribution in [2.75, 3.05) is 0 Å². The van der Waals surface area contributed by atoms with Gasteiger partial charge in [-0.25, -0.2) is 0 Å². The van der Waals surface area contributed by atoms with E-state index in [4.69, 9.17) is 0 Å². The van der Waals surface area contributed by atoms with Crippen molar-refractivity contribution in [1.82, 2.24) is 0 Å². The van der Waals surface area contributed by atoms with Crippen LogP contribution in [0.5, 0.6) is 40.2 Å². The molecule has 11 nitrogen and oxygen atoms in total. The molecule has 758 valence electrons. The predicted molar refractivity (Wildman–Crippen MR) is 616 cm³/mol. The van der Waals surface area contributed by atoms with Crippen LogP contribution in [0, 0.1) is 111 Å². The third kappa shape index (κ3) is 24.5. The smallest absolute Gasteiger partial charge is 0.186 e. The number of aliphatic hydroxyl groups is 2. The first-order valence-electron chi connectivity index (χ1n) is 52.4. The van der Waals surface area contributed by atoms with E-state index >= 15 is 0 Å². The molecule has 0 heterocycles. The Balaban J connectivity index is 0.000000121. The number of allylic oxidation sites excluding steroid dienone is 3. The van der Waals surface area contributed by atoms with Crippen molar-refractivity contribution in [2.24, 2.45) is 0 Å². The Morgan fingerprint density at radius 2 is 0.617 bits per heavy atom. The molecule has 0 radical (unpaired) electrons. The summed E-state index contributed by atoms with van der Waals surface area (Å²) in [7, 11) is 0. The monoisotopic (exact) mass is 1970 g/mol. The zero-order valence-electron chi connectivity index (χ0n) is 89.6. The van der Waals surface area contributed by atoms with E-state index in [1.54, 1.807) is 24.1 Å². The normalized spacial score (nSPS) is 14.8. The van der Waals surface area contributed by atoms with E-state index in [-0.39, 0.29) is 17.7 Å². The van der Waals surface area contributed by atoms with Gasteiger partial charge in [0.1, 0.15) is 40.2 Å². The Labute approximate surface area is 880 Å². The first kappa shape index (κ1) is 106. The quantitative estimate of drug-likeness (QED) is 0.0662. The Morgan fingerprint density at radius 3 is 1.08 bits per heavy atom. The molecule has 0 amide bonds. The Hall–Kier alpha value is -15.4. The van der Waals surface area contributed by atoms with Gasteiger partial charge in [0.25, 0.3) is 0 Å². The van der Waals surface area contributed by atoms with Crippen LogP contribution in [0.1, 0.15) is 259 Å². The minimum absolute atomic E-state index is 0.0691. The molecule has 149 heavy (non-hydrogen) atoms. The van der Waals surface area contributed by atoms with Crippen molar-refractivity contribution >= 4 is 29.8 Å². The van der Waals surface area contributed by atoms with Crippen LogP contribution in [0.2, 0.25) is 0 Å². The Bertz CT molecular complexity index is 7690. The summed E-state index contributed by atoms with van der Waals surface area (Å²) in [5.74, 6) is 4.23. The van der Waals surface area contributed by atoms with Crippen LogP contribution in [0.4, 0.5) is 0 Å². The second-order valence-corrected chi connectivity index (χ2v) is 42.2. The first-order chi connectivity index (χ1) is 71.1. The fourth-order valence-corrected chi connectivity index (χ4v) is 21.8. The number of hydrogen-bond acceptors (Lipinski definition) is 11. The molecule has 0 saturated carbocycles. The molecule has 7 aliphatic carbocycles. The number of aromatic hydroxyl groups is 7. The summed E-state index contributed by atoms with van der Waals surface area (Å²) < 4.78 is 0. The van der Waals surface area contributed by atoms with E-state index < -0.39 is 6.10 Å². The van der Waals surface area contributed by atoms with Crippen molar-refractivity contribution < 1.29 is 55.5 Å². The molecule has 0 aromatic heterocycles. The van der Waals surface area contributed by atoms with Crippen LogP contribution in [0.25, 0.3) is 107 Å². The van der Waals surface area contributed by atoms with Gasteiger partial charge in [0, 0.05) is 17.5 Å². The van der Waals surface area contributed by atoms with E-state index in [0.29, 0.717) is 52.6 Å². The Kier molecular flexibility index (Phi) is 32.8. The number of phenolic OH excluding ortho intramolecular Hbond substituents is 7. The van der Waals surface area contributed by atoms with Gasteiger partial charge in [0.2, 0.25) is 0 Å². The van der Waals surface area contributed by atoms with Gasteiger partial charge in [-0.1, -0.05) is 201 Å². The average Bonchev–Trinajstić information content (AvgIpc) is 1.45. The highest BCUT2D eigenvalue weighted by Crippen LogP contribution is 2.44. The molecule has 0 saturated heterocycles. The summed E-state index contributed by atoms with van der Waals surface area (Å²) in [6.07, 6.45) is 23.2. The van der Waals surface area contributed by atoms with Crippen LogP contribution in [-0.2, 0) is 38.5 Å². The molecule has 16 aromatic rings. The van der Waals surface area contributed by atoms with Gasteiger partial charge in [-0.15, -0.1) is 0 Å². The summed E-state index contributed by atoms with van der Waals surface area (Å²) in [4.78, 5) is 23.3. The van der Waals surface area contributed by atoms with Crippen LogP contribution >= 0.6 is 0 Å². The lowest BCUT2D eigenvalue weighted by Gasteiger charge is -2.22. The summed E-state index contributed by atoms with van der Waals surface area (Å²) in [6.45, 7) is 37.6. The van der Waals surface area contributed by atoms with Gasteiger partial charge >= 0.3 is 0 Å². The lowest BCUT2D eigenvalue weighted by Crippen LogP contribution is -2.08. The summed E-state index contributed by atoms with van der Waals surface area (Å²) in [6, 6.07) is 88.0. The van der Waals surface area contributed by atoms with Crippen molar-refractivity contribution in [3.05, 3.63) is 445 Å². The number of fused-ring (bicyclic) bond motifs is 7. The number of hydrogen-bond donors (Lipinski definition) is 9. The first-order valence-corrected chi connectivity index (χ1v) is 52.4. The highest BCUT2D eigenvalue weighted by molar-refractivity contribution is 6.14. The molecule has 11 heteroatoms. The highest BCUT2D eigenvalue weighted by Gasteiger charge is 2.26. The van der Waals surface area contributed by atoms with Crippen LogP contribution in [-0.4, -0.2) is 57.5 Å². The van der Waals surface area contributed by atoms with Crippen LogP contribution in [0.15, 0.2) is 273 Å². The lowest BCUT2D eigenvalue weighted by molar-refractivity contribution is 0.0993. The Morgan fingerprint density at radius 1 is 0.262 bits per heavy atom. The number of phenols is 7. The number of benzene rings is 16. The zero-order valence-corrected chi connectivity index (χ0v) is 89.6. The topological polar surface area (TPSA) is 216 Å². The molecule has 16 aromatic carbocycles. The SMILES string of the molecule is Cc1cc(-c2ccc(C(C)O)cc2)cc(C)c1O.Cc1cc(-c2ccc3c(c2)C(=O)CC3)cc(C)c1O.Cc1cc(-c2ccc3c(c2)C=CC3=O)cc(C)c1O.Cc1cc(-c2ccc3c(c2)C=CC3C)cc(C)c1O.Cc1cc(-c2ccc3c(c2)CC=C3)cc(C)c1O.Cc1cc(-c2ccc3c(c2)CCC3)cc(C)c1O.Cc1cc(-c2ccc3c(c2)CCCC3O)cc(C)c1O.Cc1cc(C)cc(-c2ccc3c(c2)CC[C@@H]3C)c1. The number of ketones is 2. The second kappa shape index (κ2) is 45.9. The van der Waals surface area contributed by atoms with Gasteiger partial charge in [-0.3, -0.25) is 9.59 Å². The van der Waals surface area contributed by atoms with Gasteiger partial charge in [-0.05, 0) is 548 Å². The minimum atomic E-state index is -0.442. The summed E-state index contributed by atoms with van der Waals surface area (Å²) in [5, 5.41) is 88.3. The molecular weight excluding hydrogens is 1830 g/mol. The number of rotatable bonds is 9. The third-order valence-corrected chi connectivity index (χ3v) is 30.4. The van der Waals surface area contributed by atoms with Crippen molar-refractivity contribution in [3.8, 4) is 129 Å². The van der Waals surface area contributed by atoms with E-state index in [2.05, 4.69) is 173 Å². The van der Waals surface area contributed by atoms with Crippen LogP contribution in [0.3, 0.4) is 0 Å². The second-order valence-electron chi connectivity index (χ2n) is 42.2. The minimum Gasteiger partial charge on any atom is -0.507 e. The van der Waals surface area contributed by atoms with E-state index in [1.165, 1.54) is 127 Å². The molecule has 0 fully saturated rings. The molecule has 9 N–H and O–H groups in total. The average molecular weight is 1970 g/mol. The number of aliphatic hydroxyl groups excluding tert-OH is 2.